The van der Waals surface area contributed by atoms with Crippen LogP contribution in [0, 0.1) is 0 Å². The Bertz CT molecular complexity index is 165. The molecule has 0 bridgehead atoms. The first-order valence-electron chi connectivity index (χ1n) is 3.83. The Morgan fingerprint density at radius 1 is 1.18 bits per heavy atom. The van der Waals surface area contributed by atoms with Crippen molar-refractivity contribution in [1.29, 1.82) is 0 Å². The third-order valence-corrected chi connectivity index (χ3v) is 1.97. The van der Waals surface area contributed by atoms with Crippen LogP contribution in [0.15, 0.2) is 20.7 Å². The molecule has 0 N–H and O–H groups in total. The van der Waals surface area contributed by atoms with Crippen molar-refractivity contribution in [3.63, 3.8) is 0 Å². The Morgan fingerprint density at radius 3 is 2.36 bits per heavy atom. The predicted octanol–water partition coefficient (Wildman–Crippen LogP) is 2.98. The Balaban J connectivity index is 2.25. The molecule has 0 radical (unpaired) electrons. The molecular formula is C6H12N4S. The van der Waals surface area contributed by atoms with E-state index in [0.717, 1.165) is 12.8 Å². The van der Waals surface area contributed by atoms with E-state index in [1.807, 2.05) is 0 Å². The first-order valence-corrected chi connectivity index (χ1v) is 4.28. The Labute approximate surface area is 71.6 Å². The summed E-state index contributed by atoms with van der Waals surface area (Å²) in [6.07, 6.45) is 4.29. The molecule has 0 aromatic carbocycles. The summed E-state index contributed by atoms with van der Waals surface area (Å²) >= 11 is 4.23. The van der Waals surface area contributed by atoms with Crippen molar-refractivity contribution in [2.75, 3.05) is 0 Å². The molecule has 1 heterocycles. The molecule has 0 spiro atoms. The average molecular weight is 172 g/mol. The minimum Gasteiger partial charge on any atom is -0.123 e. The van der Waals surface area contributed by atoms with Gasteiger partial charge in [0.2, 0.25) is 4.99 Å². The molecule has 0 fully saturated rings. The van der Waals surface area contributed by atoms with Crippen molar-refractivity contribution in [2.45, 2.75) is 37.6 Å². The van der Waals surface area contributed by atoms with Crippen LogP contribution in [0.4, 0.5) is 0 Å². The van der Waals surface area contributed by atoms with Gasteiger partial charge in [-0.05, 0) is 16.9 Å². The molecule has 0 saturated carbocycles. The molecule has 0 saturated heterocycles. The SMILES string of the molecule is CCCCCC1(S)N=NN=N1. The lowest BCUT2D eigenvalue weighted by atomic mass is 10.2. The van der Waals surface area contributed by atoms with Crippen LogP contribution in [0.25, 0.3) is 0 Å². The maximum atomic E-state index is 4.23. The van der Waals surface area contributed by atoms with E-state index in [1.165, 1.54) is 12.8 Å². The van der Waals surface area contributed by atoms with Crippen LogP contribution in [0.3, 0.4) is 0 Å². The molecular weight excluding hydrogens is 160 g/mol. The van der Waals surface area contributed by atoms with Crippen LogP contribution in [0.1, 0.15) is 32.6 Å². The van der Waals surface area contributed by atoms with E-state index in [2.05, 4.69) is 40.2 Å². The van der Waals surface area contributed by atoms with Gasteiger partial charge in [-0.2, -0.15) is 0 Å². The van der Waals surface area contributed by atoms with E-state index < -0.39 is 4.99 Å². The Hall–Kier alpha value is -0.450. The van der Waals surface area contributed by atoms with E-state index >= 15 is 0 Å². The number of unbranched alkanes of at least 4 members (excludes halogenated alkanes) is 2. The first kappa shape index (κ1) is 8.64. The summed E-state index contributed by atoms with van der Waals surface area (Å²) in [5, 5.41) is 14.4. The fraction of sp³-hybridized carbons (Fsp3) is 1.00. The van der Waals surface area contributed by atoms with Gasteiger partial charge in [0.15, 0.2) is 0 Å². The third kappa shape index (κ3) is 2.57. The zero-order chi connectivity index (χ0) is 8.16. The summed E-state index contributed by atoms with van der Waals surface area (Å²) in [6.45, 7) is 2.16. The average Bonchev–Trinajstić information content (AvgIpc) is 2.38. The number of hydrogen-bond acceptors (Lipinski definition) is 5. The number of hydrogen-bond donors (Lipinski definition) is 1. The van der Waals surface area contributed by atoms with Gasteiger partial charge in [-0.3, -0.25) is 0 Å². The number of nitrogens with zero attached hydrogens (tertiary/aromatic N) is 4. The highest BCUT2D eigenvalue weighted by molar-refractivity contribution is 7.81. The second-order valence-electron chi connectivity index (χ2n) is 2.61. The molecule has 62 valence electrons. The zero-order valence-corrected chi connectivity index (χ0v) is 7.46. The van der Waals surface area contributed by atoms with Gasteiger partial charge < -0.3 is 0 Å². The van der Waals surface area contributed by atoms with Crippen LogP contribution in [-0.4, -0.2) is 4.99 Å². The molecule has 0 amide bonds. The molecule has 1 aliphatic rings. The monoisotopic (exact) mass is 172 g/mol. The van der Waals surface area contributed by atoms with E-state index in [1.54, 1.807) is 0 Å². The lowest BCUT2D eigenvalue weighted by Crippen LogP contribution is -2.11. The van der Waals surface area contributed by atoms with Crippen molar-refractivity contribution in [1.82, 2.24) is 0 Å². The molecule has 4 nitrogen and oxygen atoms in total. The highest BCUT2D eigenvalue weighted by atomic mass is 32.1. The minimum atomic E-state index is -0.644. The highest BCUT2D eigenvalue weighted by Crippen LogP contribution is 2.30. The molecule has 0 atom stereocenters. The molecule has 0 unspecified atom stereocenters. The molecule has 0 aliphatic carbocycles. The molecule has 1 rings (SSSR count). The maximum Gasteiger partial charge on any atom is 0.237 e. The zero-order valence-electron chi connectivity index (χ0n) is 6.56. The van der Waals surface area contributed by atoms with Gasteiger partial charge in [0.05, 0.1) is 0 Å². The number of thiol groups is 1. The molecule has 0 aromatic rings. The second-order valence-corrected chi connectivity index (χ2v) is 3.33. The van der Waals surface area contributed by atoms with E-state index in [9.17, 15) is 0 Å². The van der Waals surface area contributed by atoms with Crippen molar-refractivity contribution in [3.05, 3.63) is 0 Å². The summed E-state index contributed by atoms with van der Waals surface area (Å²) in [5.74, 6) is 0. The fourth-order valence-electron chi connectivity index (χ4n) is 0.915. The quantitative estimate of drug-likeness (QED) is 0.500. The largest absolute Gasteiger partial charge is 0.237 e. The normalized spacial score (nSPS) is 19.5. The van der Waals surface area contributed by atoms with Crippen LogP contribution < -0.4 is 0 Å². The maximum absolute atomic E-state index is 4.23. The van der Waals surface area contributed by atoms with Crippen LogP contribution in [-0.2, 0) is 0 Å². The van der Waals surface area contributed by atoms with Gasteiger partial charge in [0.25, 0.3) is 0 Å². The van der Waals surface area contributed by atoms with E-state index in [4.69, 9.17) is 0 Å². The first-order chi connectivity index (χ1) is 5.27. The van der Waals surface area contributed by atoms with Gasteiger partial charge in [-0.1, -0.05) is 19.8 Å². The standard InChI is InChI=1S/C6H12N4S/c1-2-3-4-5-6(11)7-9-10-8-6/h11H,2-5H2,1H3. The third-order valence-electron chi connectivity index (χ3n) is 1.57. The fourth-order valence-corrected chi connectivity index (χ4v) is 1.15. The van der Waals surface area contributed by atoms with Gasteiger partial charge in [-0.15, -0.1) is 22.9 Å². The van der Waals surface area contributed by atoms with Crippen molar-refractivity contribution >= 4 is 12.6 Å². The van der Waals surface area contributed by atoms with Crippen molar-refractivity contribution < 1.29 is 0 Å². The summed E-state index contributed by atoms with van der Waals surface area (Å²) < 4.78 is 0. The Morgan fingerprint density at radius 2 is 1.82 bits per heavy atom. The smallest absolute Gasteiger partial charge is 0.123 e. The summed E-state index contributed by atoms with van der Waals surface area (Å²) in [4.78, 5) is -0.644. The number of rotatable bonds is 4. The van der Waals surface area contributed by atoms with Gasteiger partial charge >= 0.3 is 0 Å². The molecule has 1 aliphatic heterocycles. The molecule has 0 aromatic heterocycles. The van der Waals surface area contributed by atoms with Crippen LogP contribution >= 0.6 is 12.6 Å². The van der Waals surface area contributed by atoms with Gasteiger partial charge in [0.1, 0.15) is 0 Å². The molecule has 11 heavy (non-hydrogen) atoms. The van der Waals surface area contributed by atoms with E-state index in [-0.39, 0.29) is 0 Å². The Kier molecular flexibility index (Phi) is 2.99. The van der Waals surface area contributed by atoms with Crippen LogP contribution in [0.2, 0.25) is 0 Å². The van der Waals surface area contributed by atoms with E-state index in [0.29, 0.717) is 0 Å². The van der Waals surface area contributed by atoms with Crippen molar-refractivity contribution in [3.8, 4) is 0 Å². The van der Waals surface area contributed by atoms with Crippen LogP contribution in [0.5, 0.6) is 0 Å². The second kappa shape index (κ2) is 3.80. The van der Waals surface area contributed by atoms with Gasteiger partial charge in [0, 0.05) is 6.42 Å². The van der Waals surface area contributed by atoms with Gasteiger partial charge in [-0.25, -0.2) is 0 Å². The summed E-state index contributed by atoms with van der Waals surface area (Å²) in [5.41, 5.74) is 0. The lowest BCUT2D eigenvalue weighted by molar-refractivity contribution is 0.537. The van der Waals surface area contributed by atoms with Crippen molar-refractivity contribution in [2.24, 2.45) is 20.7 Å². The summed E-state index contributed by atoms with van der Waals surface area (Å²) in [7, 11) is 0. The minimum absolute atomic E-state index is 0.644. The summed E-state index contributed by atoms with van der Waals surface area (Å²) in [6, 6.07) is 0. The molecule has 5 heteroatoms. The predicted molar refractivity (Wildman–Crippen MR) is 45.6 cm³/mol. The lowest BCUT2D eigenvalue weighted by Gasteiger charge is -2.10. The topological polar surface area (TPSA) is 49.4 Å². The highest BCUT2D eigenvalue weighted by Gasteiger charge is 2.26.